The Hall–Kier alpha value is -1.61. The van der Waals surface area contributed by atoms with E-state index in [2.05, 4.69) is 40.0 Å². The number of nitrogens with zero attached hydrogens (tertiary/aromatic N) is 2. The summed E-state index contributed by atoms with van der Waals surface area (Å²) in [6.45, 7) is 3.72. The third kappa shape index (κ3) is 1.98. The molecule has 3 heteroatoms. The lowest BCUT2D eigenvalue weighted by molar-refractivity contribution is 0.187. The Morgan fingerprint density at radius 1 is 1.41 bits per heavy atom. The van der Waals surface area contributed by atoms with Crippen LogP contribution < -0.4 is 0 Å². The quantitative estimate of drug-likeness (QED) is 0.790. The second-order valence-electron chi connectivity index (χ2n) is 4.50. The lowest BCUT2D eigenvalue weighted by Crippen LogP contribution is -2.08. The zero-order chi connectivity index (χ0) is 11.7. The van der Waals surface area contributed by atoms with Gasteiger partial charge in [-0.2, -0.15) is 0 Å². The van der Waals surface area contributed by atoms with Gasteiger partial charge in [0, 0.05) is 36.0 Å². The highest BCUT2D eigenvalue weighted by molar-refractivity contribution is 5.60. The minimum absolute atomic E-state index is 0.480. The minimum atomic E-state index is 0.480. The number of hydrogen-bond acceptors (Lipinski definition) is 2. The number of ether oxygens (including phenoxy) is 1. The van der Waals surface area contributed by atoms with Gasteiger partial charge in [-0.15, -0.1) is 0 Å². The molecule has 0 saturated carbocycles. The Morgan fingerprint density at radius 3 is 3.12 bits per heavy atom. The van der Waals surface area contributed by atoms with Gasteiger partial charge in [0.25, 0.3) is 0 Å². The van der Waals surface area contributed by atoms with E-state index in [-0.39, 0.29) is 0 Å². The molecule has 2 aromatic heterocycles. The number of hydrogen-bond donors (Lipinski definition) is 0. The van der Waals surface area contributed by atoms with E-state index in [1.807, 2.05) is 13.1 Å². The summed E-state index contributed by atoms with van der Waals surface area (Å²) in [5.41, 5.74) is 3.54. The van der Waals surface area contributed by atoms with Gasteiger partial charge < -0.3 is 9.30 Å². The number of pyridine rings is 1. The average Bonchev–Trinajstić information content (AvgIpc) is 3.00. The molecule has 0 aliphatic carbocycles. The molecule has 1 atom stereocenters. The molecule has 0 bridgehead atoms. The van der Waals surface area contributed by atoms with Crippen LogP contribution in [0.15, 0.2) is 36.7 Å². The van der Waals surface area contributed by atoms with Crippen molar-refractivity contribution >= 4 is 0 Å². The Morgan fingerprint density at radius 2 is 2.35 bits per heavy atom. The Labute approximate surface area is 101 Å². The van der Waals surface area contributed by atoms with Gasteiger partial charge in [0.15, 0.2) is 0 Å². The van der Waals surface area contributed by atoms with Crippen molar-refractivity contribution in [3.63, 3.8) is 0 Å². The number of aromatic nitrogens is 2. The molecule has 3 nitrogen and oxygen atoms in total. The zero-order valence-electron chi connectivity index (χ0n) is 9.97. The van der Waals surface area contributed by atoms with Crippen molar-refractivity contribution in [2.45, 2.75) is 19.4 Å². The normalized spacial score (nSPS) is 19.7. The fourth-order valence-corrected chi connectivity index (χ4v) is 2.40. The van der Waals surface area contributed by atoms with Gasteiger partial charge in [-0.3, -0.25) is 4.98 Å². The molecule has 2 aromatic rings. The van der Waals surface area contributed by atoms with Crippen LogP contribution in [0.5, 0.6) is 0 Å². The predicted octanol–water partition coefficient (Wildman–Crippen LogP) is 2.82. The lowest BCUT2D eigenvalue weighted by Gasteiger charge is -2.15. The number of aryl methyl sites for hydroxylation is 1. The van der Waals surface area contributed by atoms with Crippen LogP contribution in [0.1, 0.15) is 18.2 Å². The van der Waals surface area contributed by atoms with Crippen molar-refractivity contribution < 1.29 is 4.74 Å². The largest absolute Gasteiger partial charge is 0.379 e. The maximum Gasteiger partial charge on any atom is 0.0674 e. The molecule has 1 saturated heterocycles. The zero-order valence-corrected chi connectivity index (χ0v) is 9.97. The summed E-state index contributed by atoms with van der Waals surface area (Å²) >= 11 is 0. The Kier molecular flexibility index (Phi) is 2.69. The molecule has 0 aromatic carbocycles. The Balaban J connectivity index is 2.00. The van der Waals surface area contributed by atoms with Gasteiger partial charge in [0.05, 0.1) is 12.6 Å². The van der Waals surface area contributed by atoms with Crippen molar-refractivity contribution in [1.82, 2.24) is 9.55 Å². The predicted molar refractivity (Wildman–Crippen MR) is 66.9 cm³/mol. The third-order valence-electron chi connectivity index (χ3n) is 3.27. The van der Waals surface area contributed by atoms with Crippen molar-refractivity contribution in [2.24, 2.45) is 0 Å². The second kappa shape index (κ2) is 4.34. The first-order valence-electron chi connectivity index (χ1n) is 6.02. The summed E-state index contributed by atoms with van der Waals surface area (Å²) in [4.78, 5) is 4.24. The number of rotatable bonds is 2. The fraction of sp³-hybridized carbons (Fsp3) is 0.357. The van der Waals surface area contributed by atoms with E-state index >= 15 is 0 Å². The van der Waals surface area contributed by atoms with Crippen molar-refractivity contribution in [2.75, 3.05) is 13.2 Å². The highest BCUT2D eigenvalue weighted by Crippen LogP contribution is 2.27. The summed E-state index contributed by atoms with van der Waals surface area (Å²) < 4.78 is 7.78. The Bertz CT molecular complexity index is 512. The van der Waals surface area contributed by atoms with Gasteiger partial charge in [0.2, 0.25) is 0 Å². The molecular weight excluding hydrogens is 212 g/mol. The van der Waals surface area contributed by atoms with Crippen molar-refractivity contribution in [1.29, 1.82) is 0 Å². The fourth-order valence-electron chi connectivity index (χ4n) is 2.40. The van der Waals surface area contributed by atoms with Gasteiger partial charge in [-0.25, -0.2) is 0 Å². The monoisotopic (exact) mass is 228 g/mol. The van der Waals surface area contributed by atoms with E-state index in [4.69, 9.17) is 4.74 Å². The molecule has 1 aliphatic heterocycles. The van der Waals surface area contributed by atoms with Crippen LogP contribution >= 0.6 is 0 Å². The van der Waals surface area contributed by atoms with E-state index in [0.29, 0.717) is 6.04 Å². The van der Waals surface area contributed by atoms with Crippen LogP contribution in [0.2, 0.25) is 0 Å². The van der Waals surface area contributed by atoms with Crippen LogP contribution in [0, 0.1) is 6.92 Å². The smallest absolute Gasteiger partial charge is 0.0674 e. The second-order valence-corrected chi connectivity index (χ2v) is 4.50. The molecule has 1 aliphatic rings. The molecule has 0 unspecified atom stereocenters. The average molecular weight is 228 g/mol. The summed E-state index contributed by atoms with van der Waals surface area (Å²) in [6, 6.07) is 8.93. The molecule has 17 heavy (non-hydrogen) atoms. The first-order valence-corrected chi connectivity index (χ1v) is 6.02. The topological polar surface area (TPSA) is 27.1 Å². The highest BCUT2D eigenvalue weighted by Gasteiger charge is 2.19. The van der Waals surface area contributed by atoms with Crippen molar-refractivity contribution in [3.05, 3.63) is 42.4 Å². The van der Waals surface area contributed by atoms with Crippen LogP contribution in [-0.2, 0) is 4.74 Å². The van der Waals surface area contributed by atoms with Gasteiger partial charge in [-0.05, 0) is 37.6 Å². The van der Waals surface area contributed by atoms with Crippen LogP contribution in [-0.4, -0.2) is 22.8 Å². The van der Waals surface area contributed by atoms with E-state index < -0.39 is 0 Å². The van der Waals surface area contributed by atoms with Gasteiger partial charge in [0.1, 0.15) is 0 Å². The molecule has 0 radical (unpaired) electrons. The molecular formula is C14H16N2O. The first-order chi connectivity index (χ1) is 8.34. The molecule has 0 spiro atoms. The standard InChI is InChI=1S/C14H16N2O/c1-11-9-12(4-6-15-11)14-3-2-7-16(14)13-5-8-17-10-13/h2-4,6-7,9,13H,5,8,10H2,1H3/t13-/m0/s1. The molecule has 0 N–H and O–H groups in total. The van der Waals surface area contributed by atoms with E-state index in [1.165, 1.54) is 11.3 Å². The molecule has 88 valence electrons. The third-order valence-corrected chi connectivity index (χ3v) is 3.27. The summed E-state index contributed by atoms with van der Waals surface area (Å²) in [6.07, 6.45) is 5.11. The van der Waals surface area contributed by atoms with E-state index in [0.717, 1.165) is 25.3 Å². The van der Waals surface area contributed by atoms with E-state index in [9.17, 15) is 0 Å². The maximum absolute atomic E-state index is 5.46. The minimum Gasteiger partial charge on any atom is -0.379 e. The van der Waals surface area contributed by atoms with Crippen molar-refractivity contribution in [3.8, 4) is 11.3 Å². The van der Waals surface area contributed by atoms with E-state index in [1.54, 1.807) is 0 Å². The highest BCUT2D eigenvalue weighted by atomic mass is 16.5. The maximum atomic E-state index is 5.46. The lowest BCUT2D eigenvalue weighted by atomic mass is 10.1. The van der Waals surface area contributed by atoms with Crippen LogP contribution in [0.25, 0.3) is 11.3 Å². The van der Waals surface area contributed by atoms with Gasteiger partial charge in [-0.1, -0.05) is 0 Å². The molecule has 3 rings (SSSR count). The first kappa shape index (κ1) is 10.5. The summed E-state index contributed by atoms with van der Waals surface area (Å²) in [7, 11) is 0. The molecule has 3 heterocycles. The molecule has 0 amide bonds. The summed E-state index contributed by atoms with van der Waals surface area (Å²) in [5, 5.41) is 0. The SMILES string of the molecule is Cc1cc(-c2cccn2[C@H]2CCOC2)ccn1. The van der Waals surface area contributed by atoms with Crippen LogP contribution in [0.4, 0.5) is 0 Å². The van der Waals surface area contributed by atoms with Crippen LogP contribution in [0.3, 0.4) is 0 Å². The summed E-state index contributed by atoms with van der Waals surface area (Å²) in [5.74, 6) is 0. The molecule has 1 fully saturated rings. The van der Waals surface area contributed by atoms with Gasteiger partial charge >= 0.3 is 0 Å².